The standard InChI is InChI=1S/C50H36N4O.Pd/c1-29(2)33-14-11-15-34(30(3)4)47(33)38-16-12-22-46-48(38)37-26-24-32(28-40(37)50-52-42-18-7-10-21-45(42)54(46)50)55-31-23-25-35-36-13-5-8-19-43(36)53-44-20-9-6-17-41(44)51-49(53)39(35)27-31;/h5-26,29-30H,1-4H3;/q-2;+2. The summed E-state index contributed by atoms with van der Waals surface area (Å²) in [6, 6.07) is 54.3. The first-order valence-corrected chi connectivity index (χ1v) is 19.1. The van der Waals surface area contributed by atoms with E-state index in [1.165, 1.54) is 27.6 Å². The molecule has 0 radical (unpaired) electrons. The second-order valence-corrected chi connectivity index (χ2v) is 15.2. The van der Waals surface area contributed by atoms with Crippen LogP contribution in [0.25, 0.3) is 87.8 Å². The maximum absolute atomic E-state index is 6.70. The monoisotopic (exact) mass is 814 g/mol. The molecule has 7 aromatic carbocycles. The van der Waals surface area contributed by atoms with Gasteiger partial charge in [0.05, 0.1) is 33.4 Å². The van der Waals surface area contributed by atoms with E-state index in [0.29, 0.717) is 23.3 Å². The van der Waals surface area contributed by atoms with Gasteiger partial charge in [0, 0.05) is 22.5 Å². The van der Waals surface area contributed by atoms with Gasteiger partial charge in [-0.15, -0.1) is 12.1 Å². The quantitative estimate of drug-likeness (QED) is 0.0987. The predicted octanol–water partition coefficient (Wildman–Crippen LogP) is 13.2. The number of nitrogens with zero attached hydrogens (tertiary/aromatic N) is 4. The van der Waals surface area contributed by atoms with Crippen LogP contribution in [0.2, 0.25) is 0 Å². The van der Waals surface area contributed by atoms with E-state index in [1.54, 1.807) is 0 Å². The maximum atomic E-state index is 6.70. The van der Waals surface area contributed by atoms with Gasteiger partial charge in [-0.25, -0.2) is 0 Å². The minimum absolute atomic E-state index is 0. The van der Waals surface area contributed by atoms with Crippen LogP contribution in [0.15, 0.2) is 133 Å². The molecule has 0 atom stereocenters. The fraction of sp³-hybridized carbons (Fsp3) is 0.120. The van der Waals surface area contributed by atoms with Gasteiger partial charge >= 0.3 is 20.4 Å². The molecular formula is C50H36N4OPd. The number of hydrogen-bond acceptors (Lipinski definition) is 3. The zero-order chi connectivity index (χ0) is 36.9. The Kier molecular flexibility index (Phi) is 8.01. The molecule has 5 nitrogen and oxygen atoms in total. The summed E-state index contributed by atoms with van der Waals surface area (Å²) < 4.78 is 11.2. The van der Waals surface area contributed by atoms with Crippen molar-refractivity contribution in [3.05, 3.63) is 157 Å². The largest absolute Gasteiger partial charge is 2.00 e. The summed E-state index contributed by atoms with van der Waals surface area (Å²) >= 11 is 0. The Labute approximate surface area is 337 Å². The Bertz CT molecular complexity index is 3350. The molecule has 0 saturated carbocycles. The first kappa shape index (κ1) is 34.4. The van der Waals surface area contributed by atoms with Gasteiger partial charge in [0.25, 0.3) is 0 Å². The molecule has 0 N–H and O–H groups in total. The first-order chi connectivity index (χ1) is 26.9. The van der Waals surface area contributed by atoms with Crippen molar-refractivity contribution in [2.24, 2.45) is 0 Å². The van der Waals surface area contributed by atoms with E-state index in [9.17, 15) is 0 Å². The summed E-state index contributed by atoms with van der Waals surface area (Å²) in [5.41, 5.74) is 13.2. The fourth-order valence-electron chi connectivity index (χ4n) is 8.82. The number of pyridine rings is 2. The van der Waals surface area contributed by atoms with Gasteiger partial charge < -0.3 is 13.5 Å². The maximum Gasteiger partial charge on any atom is 2.00 e. The summed E-state index contributed by atoms with van der Waals surface area (Å²) in [5, 5.41) is 6.33. The van der Waals surface area contributed by atoms with Crippen molar-refractivity contribution in [3.8, 4) is 22.6 Å². The summed E-state index contributed by atoms with van der Waals surface area (Å²) in [5.74, 6) is 1.92. The summed E-state index contributed by atoms with van der Waals surface area (Å²) in [7, 11) is 0. The molecule has 0 saturated heterocycles. The second kappa shape index (κ2) is 13.0. The molecule has 0 spiro atoms. The van der Waals surface area contributed by atoms with E-state index in [2.05, 4.69) is 164 Å². The molecule has 0 bridgehead atoms. The van der Waals surface area contributed by atoms with Gasteiger partial charge in [0.2, 0.25) is 0 Å². The van der Waals surface area contributed by atoms with Gasteiger partial charge in [-0.1, -0.05) is 146 Å². The third-order valence-electron chi connectivity index (χ3n) is 11.3. The van der Waals surface area contributed by atoms with Gasteiger partial charge in [0.15, 0.2) is 0 Å². The van der Waals surface area contributed by atoms with Crippen LogP contribution in [0.3, 0.4) is 0 Å². The normalized spacial score (nSPS) is 12.1. The minimum Gasteiger partial charge on any atom is -0.497 e. The van der Waals surface area contributed by atoms with Crippen molar-refractivity contribution in [3.63, 3.8) is 0 Å². The van der Waals surface area contributed by atoms with Crippen molar-refractivity contribution < 1.29 is 25.2 Å². The van der Waals surface area contributed by atoms with Crippen LogP contribution in [0, 0.1) is 12.1 Å². The van der Waals surface area contributed by atoms with Crippen molar-refractivity contribution in [1.82, 2.24) is 18.8 Å². The van der Waals surface area contributed by atoms with Crippen molar-refractivity contribution in [2.75, 3.05) is 0 Å². The molecule has 0 unspecified atom stereocenters. The zero-order valence-electron chi connectivity index (χ0n) is 31.4. The smallest absolute Gasteiger partial charge is 0.497 e. The summed E-state index contributed by atoms with van der Waals surface area (Å²) in [6.45, 7) is 9.16. The van der Waals surface area contributed by atoms with E-state index in [4.69, 9.17) is 14.7 Å². The Balaban J connectivity index is 0.00000384. The third kappa shape index (κ3) is 5.03. The third-order valence-corrected chi connectivity index (χ3v) is 11.3. The molecule has 272 valence electrons. The number of fused-ring (bicyclic) bond motifs is 16. The SMILES string of the molecule is CC(C)c1cccc(C(C)C)c1-c1cccc2c1c1ccc(Oc3[c-]c4c(cc3)c3ccccc3n3c5ccccc5nc43)[c-]c1c1nc3ccccc3n21.[Pd+2]. The number of hydrogen-bond donors (Lipinski definition) is 0. The number of imidazole rings is 2. The van der Waals surface area contributed by atoms with Gasteiger partial charge in [-0.3, -0.25) is 9.97 Å². The van der Waals surface area contributed by atoms with E-state index >= 15 is 0 Å². The number of benzene rings is 7. The number of para-hydroxylation sites is 5. The van der Waals surface area contributed by atoms with Gasteiger partial charge in [-0.2, -0.15) is 0 Å². The minimum atomic E-state index is 0. The zero-order valence-corrected chi connectivity index (χ0v) is 32.9. The summed E-state index contributed by atoms with van der Waals surface area (Å²) in [4.78, 5) is 10.3. The van der Waals surface area contributed by atoms with E-state index in [-0.39, 0.29) is 20.4 Å². The summed E-state index contributed by atoms with van der Waals surface area (Å²) in [6.07, 6.45) is 0. The van der Waals surface area contributed by atoms with Crippen molar-refractivity contribution >= 4 is 76.7 Å². The average Bonchev–Trinajstić information content (AvgIpc) is 3.81. The Morgan fingerprint density at radius 2 is 0.982 bits per heavy atom. The number of ether oxygens (including phenoxy) is 1. The molecule has 0 aliphatic carbocycles. The number of rotatable bonds is 5. The van der Waals surface area contributed by atoms with Crippen LogP contribution in [-0.2, 0) is 20.4 Å². The Morgan fingerprint density at radius 1 is 0.482 bits per heavy atom. The molecule has 11 rings (SSSR count). The first-order valence-electron chi connectivity index (χ1n) is 19.1. The molecule has 56 heavy (non-hydrogen) atoms. The van der Waals surface area contributed by atoms with E-state index in [1.807, 2.05) is 18.2 Å². The number of aromatic nitrogens is 4. The van der Waals surface area contributed by atoms with Crippen LogP contribution in [0.1, 0.15) is 50.7 Å². The molecule has 4 heterocycles. The van der Waals surface area contributed by atoms with Crippen LogP contribution in [0.5, 0.6) is 11.5 Å². The Hall–Kier alpha value is -6.06. The van der Waals surface area contributed by atoms with Crippen LogP contribution in [-0.4, -0.2) is 18.8 Å². The topological polar surface area (TPSA) is 43.8 Å². The second-order valence-electron chi connectivity index (χ2n) is 15.2. The average molecular weight is 815 g/mol. The van der Waals surface area contributed by atoms with E-state index < -0.39 is 0 Å². The molecular weight excluding hydrogens is 779 g/mol. The predicted molar refractivity (Wildman–Crippen MR) is 227 cm³/mol. The molecule has 0 aliphatic rings. The van der Waals surface area contributed by atoms with Crippen LogP contribution in [0.4, 0.5) is 0 Å². The Morgan fingerprint density at radius 3 is 1.61 bits per heavy atom. The molecule has 0 fully saturated rings. The fourth-order valence-corrected chi connectivity index (χ4v) is 8.82. The molecule has 0 aliphatic heterocycles. The van der Waals surface area contributed by atoms with E-state index in [0.717, 1.165) is 71.3 Å². The van der Waals surface area contributed by atoms with Crippen molar-refractivity contribution in [2.45, 2.75) is 39.5 Å². The molecule has 6 heteroatoms. The van der Waals surface area contributed by atoms with Crippen LogP contribution < -0.4 is 4.74 Å². The molecule has 11 aromatic rings. The van der Waals surface area contributed by atoms with Gasteiger partial charge in [-0.05, 0) is 81.3 Å². The van der Waals surface area contributed by atoms with Gasteiger partial charge in [0.1, 0.15) is 0 Å². The molecule has 0 amide bonds. The van der Waals surface area contributed by atoms with Crippen molar-refractivity contribution in [1.29, 1.82) is 0 Å². The van der Waals surface area contributed by atoms with Crippen LogP contribution >= 0.6 is 0 Å². The molecule has 4 aromatic heterocycles.